The van der Waals surface area contributed by atoms with E-state index < -0.39 is 41.2 Å². The van der Waals surface area contributed by atoms with E-state index in [0.717, 1.165) is 6.07 Å². The number of carbonyl (C=O) groups excluding carboxylic acids is 1. The zero-order valence-corrected chi connectivity index (χ0v) is 16.1. The van der Waals surface area contributed by atoms with E-state index in [1.807, 2.05) is 6.92 Å². The van der Waals surface area contributed by atoms with E-state index in [1.165, 1.54) is 21.7 Å². The summed E-state index contributed by atoms with van der Waals surface area (Å²) in [7, 11) is 0. The van der Waals surface area contributed by atoms with Crippen LogP contribution in [0.25, 0.3) is 0 Å². The lowest BCUT2D eigenvalue weighted by Gasteiger charge is -2.44. The molecule has 30 heavy (non-hydrogen) atoms. The summed E-state index contributed by atoms with van der Waals surface area (Å²) in [6.45, 7) is 2.35. The number of nitrogens with zero attached hydrogens (tertiary/aromatic N) is 2. The summed E-state index contributed by atoms with van der Waals surface area (Å²) in [4.78, 5) is 27.0. The zero-order valence-electron chi connectivity index (χ0n) is 16.1. The van der Waals surface area contributed by atoms with E-state index in [2.05, 4.69) is 5.32 Å². The molecule has 160 valence electrons. The van der Waals surface area contributed by atoms with Gasteiger partial charge in [-0.2, -0.15) is 0 Å². The minimum Gasteiger partial charge on any atom is -0.503 e. The second-order valence-corrected chi connectivity index (χ2v) is 7.46. The molecule has 8 nitrogen and oxygen atoms in total. The quantitative estimate of drug-likeness (QED) is 0.641. The molecule has 3 N–H and O–H groups in total. The highest BCUT2D eigenvalue weighted by Crippen LogP contribution is 2.29. The number of hydrogen-bond acceptors (Lipinski definition) is 6. The van der Waals surface area contributed by atoms with Crippen LogP contribution < -0.4 is 10.7 Å². The number of aliphatic hydroxyl groups excluding tert-OH is 1. The molecule has 1 amide bonds. The van der Waals surface area contributed by atoms with Gasteiger partial charge in [-0.05, 0) is 19.4 Å². The third kappa shape index (κ3) is 3.47. The molecule has 3 atom stereocenters. The maximum atomic E-state index is 13.8. The molecule has 2 unspecified atom stereocenters. The Kier molecular flexibility index (Phi) is 5.31. The number of rotatable bonds is 4. The van der Waals surface area contributed by atoms with E-state index in [9.17, 15) is 28.6 Å². The second kappa shape index (κ2) is 7.78. The zero-order chi connectivity index (χ0) is 21.6. The van der Waals surface area contributed by atoms with Gasteiger partial charge in [-0.25, -0.2) is 8.78 Å². The van der Waals surface area contributed by atoms with Gasteiger partial charge in [-0.3, -0.25) is 14.9 Å². The summed E-state index contributed by atoms with van der Waals surface area (Å²) in [6, 6.07) is 2.91. The Bertz CT molecular complexity index is 1060. The number of amides is 1. The smallest absolute Gasteiger partial charge is 0.276 e. The standard InChI is InChI=1S/C20H21F2N3O5/c1-10-4-5-30-15-9-24-8-13(17(26)18(27)16(24)20(29)25(10)15)19(28)23-7-11-2-3-12(21)6-14(11)22/h2-3,6,8,10,15,19,23,27-28H,4-5,7,9H2,1H3/t10-,15?,19?/m1/s1. The van der Waals surface area contributed by atoms with E-state index in [1.54, 1.807) is 0 Å². The molecule has 0 saturated carbocycles. The number of ether oxygens (including phenoxy) is 1. The van der Waals surface area contributed by atoms with Gasteiger partial charge in [0.2, 0.25) is 5.43 Å². The summed E-state index contributed by atoms with van der Waals surface area (Å²) in [6.07, 6.45) is -0.158. The van der Waals surface area contributed by atoms with Crippen molar-refractivity contribution < 1.29 is 28.5 Å². The number of aliphatic hydroxyl groups is 1. The van der Waals surface area contributed by atoms with E-state index in [4.69, 9.17) is 4.74 Å². The highest BCUT2D eigenvalue weighted by Gasteiger charge is 2.40. The number of carbonyl (C=O) groups is 1. The van der Waals surface area contributed by atoms with Crippen LogP contribution in [0.15, 0.2) is 29.2 Å². The number of benzene rings is 1. The Morgan fingerprint density at radius 1 is 1.33 bits per heavy atom. The predicted octanol–water partition coefficient (Wildman–Crippen LogP) is 1.20. The third-order valence-electron chi connectivity index (χ3n) is 5.50. The molecular weight excluding hydrogens is 400 g/mol. The first-order valence-corrected chi connectivity index (χ1v) is 9.54. The number of aromatic hydroxyl groups is 1. The fourth-order valence-corrected chi connectivity index (χ4v) is 3.86. The number of aromatic nitrogens is 1. The summed E-state index contributed by atoms with van der Waals surface area (Å²) < 4.78 is 33.8. The van der Waals surface area contributed by atoms with Crippen LogP contribution in [0.5, 0.6) is 5.75 Å². The van der Waals surface area contributed by atoms with Crippen LogP contribution in [0.2, 0.25) is 0 Å². The van der Waals surface area contributed by atoms with E-state index >= 15 is 0 Å². The number of nitrogens with one attached hydrogen (secondary N) is 1. The fourth-order valence-electron chi connectivity index (χ4n) is 3.86. The Hall–Kier alpha value is -2.82. The molecule has 4 rings (SSSR count). The largest absolute Gasteiger partial charge is 0.503 e. The monoisotopic (exact) mass is 421 g/mol. The summed E-state index contributed by atoms with van der Waals surface area (Å²) in [5.74, 6) is -2.81. The minimum atomic E-state index is -1.55. The molecule has 0 radical (unpaired) electrons. The molecule has 0 bridgehead atoms. The molecule has 1 aromatic heterocycles. The molecule has 2 aromatic rings. The number of halogens is 2. The molecule has 1 fully saturated rings. The lowest BCUT2D eigenvalue weighted by atomic mass is 10.1. The average Bonchev–Trinajstić information content (AvgIpc) is 2.69. The van der Waals surface area contributed by atoms with Gasteiger partial charge in [0.25, 0.3) is 5.91 Å². The second-order valence-electron chi connectivity index (χ2n) is 7.46. The lowest BCUT2D eigenvalue weighted by Crippen LogP contribution is -2.57. The fraction of sp³-hybridized carbons (Fsp3) is 0.400. The van der Waals surface area contributed by atoms with Crippen molar-refractivity contribution in [2.45, 2.75) is 44.9 Å². The summed E-state index contributed by atoms with van der Waals surface area (Å²) in [5, 5.41) is 23.4. The van der Waals surface area contributed by atoms with Crippen LogP contribution in [-0.2, 0) is 17.8 Å². The Balaban J connectivity index is 1.62. The minimum absolute atomic E-state index is 0.0909. The third-order valence-corrected chi connectivity index (χ3v) is 5.50. The maximum Gasteiger partial charge on any atom is 0.276 e. The van der Waals surface area contributed by atoms with E-state index in [-0.39, 0.29) is 36.0 Å². The Morgan fingerprint density at radius 2 is 2.10 bits per heavy atom. The van der Waals surface area contributed by atoms with Crippen LogP contribution in [0.3, 0.4) is 0 Å². The number of fused-ring (bicyclic) bond motifs is 2. The van der Waals surface area contributed by atoms with Crippen molar-refractivity contribution in [3.8, 4) is 5.75 Å². The van der Waals surface area contributed by atoms with Gasteiger partial charge in [0.05, 0.1) is 18.7 Å². The van der Waals surface area contributed by atoms with Gasteiger partial charge in [-0.1, -0.05) is 6.07 Å². The van der Waals surface area contributed by atoms with Gasteiger partial charge in [0.1, 0.15) is 17.9 Å². The summed E-state index contributed by atoms with van der Waals surface area (Å²) >= 11 is 0. The lowest BCUT2D eigenvalue weighted by molar-refractivity contribution is -0.112. The highest BCUT2D eigenvalue weighted by molar-refractivity contribution is 5.96. The van der Waals surface area contributed by atoms with Gasteiger partial charge >= 0.3 is 0 Å². The van der Waals surface area contributed by atoms with Crippen LogP contribution in [0, 0.1) is 11.6 Å². The van der Waals surface area contributed by atoms with Crippen LogP contribution >= 0.6 is 0 Å². The molecule has 10 heteroatoms. The maximum absolute atomic E-state index is 13.8. The first kappa shape index (κ1) is 20.5. The van der Waals surface area contributed by atoms with Crippen molar-refractivity contribution >= 4 is 5.91 Å². The van der Waals surface area contributed by atoms with Crippen LogP contribution in [0.1, 0.15) is 41.2 Å². The molecule has 0 aliphatic carbocycles. The SMILES string of the molecule is C[C@@H]1CCOC2Cn3cc(C(O)NCc4ccc(F)cc4F)c(=O)c(O)c3C(=O)N21. The predicted molar refractivity (Wildman–Crippen MR) is 101 cm³/mol. The van der Waals surface area contributed by atoms with Gasteiger partial charge in [-0.15, -0.1) is 0 Å². The summed E-state index contributed by atoms with van der Waals surface area (Å²) in [5.41, 5.74) is -1.18. The van der Waals surface area contributed by atoms with Crippen molar-refractivity contribution in [2.24, 2.45) is 0 Å². The van der Waals surface area contributed by atoms with Crippen molar-refractivity contribution in [3.05, 3.63) is 63.1 Å². The molecule has 3 heterocycles. The molecule has 0 spiro atoms. The van der Waals surface area contributed by atoms with Gasteiger partial charge in [0, 0.05) is 30.4 Å². The van der Waals surface area contributed by atoms with E-state index in [0.29, 0.717) is 19.1 Å². The van der Waals surface area contributed by atoms with Crippen molar-refractivity contribution in [3.63, 3.8) is 0 Å². The first-order valence-electron chi connectivity index (χ1n) is 9.54. The number of hydrogen-bond donors (Lipinski definition) is 3. The molecule has 2 aliphatic heterocycles. The van der Waals surface area contributed by atoms with Crippen LogP contribution in [0.4, 0.5) is 8.78 Å². The van der Waals surface area contributed by atoms with Crippen molar-refractivity contribution in [2.75, 3.05) is 6.61 Å². The molecular formula is C20H21F2N3O5. The number of pyridine rings is 1. The highest BCUT2D eigenvalue weighted by atomic mass is 19.1. The first-order chi connectivity index (χ1) is 14.3. The Morgan fingerprint density at radius 3 is 2.83 bits per heavy atom. The van der Waals surface area contributed by atoms with Crippen LogP contribution in [-0.4, -0.2) is 44.5 Å². The Labute approximate surface area is 170 Å². The van der Waals surface area contributed by atoms with Gasteiger partial charge in [0.15, 0.2) is 17.7 Å². The normalized spacial score (nSPS) is 21.9. The topological polar surface area (TPSA) is 104 Å². The average molecular weight is 421 g/mol. The molecule has 2 aliphatic rings. The van der Waals surface area contributed by atoms with Crippen molar-refractivity contribution in [1.82, 2.24) is 14.8 Å². The van der Waals surface area contributed by atoms with Gasteiger partial charge < -0.3 is 24.4 Å². The molecule has 1 saturated heterocycles. The van der Waals surface area contributed by atoms with Crippen molar-refractivity contribution in [1.29, 1.82) is 0 Å². The molecule has 1 aromatic carbocycles.